The number of esters is 1. The summed E-state index contributed by atoms with van der Waals surface area (Å²) < 4.78 is 22.9. The molecule has 24 heavy (non-hydrogen) atoms. The van der Waals surface area contributed by atoms with E-state index in [1.54, 1.807) is 18.3 Å². The molecule has 6 nitrogen and oxygen atoms in total. The van der Waals surface area contributed by atoms with Crippen molar-refractivity contribution >= 4 is 11.9 Å². The Morgan fingerprint density at radius 2 is 2.04 bits per heavy atom. The van der Waals surface area contributed by atoms with E-state index in [-0.39, 0.29) is 12.0 Å². The van der Waals surface area contributed by atoms with Crippen LogP contribution in [0.3, 0.4) is 0 Å². The van der Waals surface area contributed by atoms with Crippen LogP contribution in [0.15, 0.2) is 42.6 Å². The van der Waals surface area contributed by atoms with Crippen LogP contribution in [-0.2, 0) is 16.0 Å². The van der Waals surface area contributed by atoms with E-state index in [9.17, 15) is 14.0 Å². The van der Waals surface area contributed by atoms with Crippen LogP contribution in [0.4, 0.5) is 4.39 Å². The maximum atomic E-state index is 13.2. The predicted octanol–water partition coefficient (Wildman–Crippen LogP) is 1.74. The van der Waals surface area contributed by atoms with Crippen LogP contribution in [0.1, 0.15) is 15.9 Å². The van der Waals surface area contributed by atoms with Gasteiger partial charge in [0.1, 0.15) is 11.9 Å². The maximum Gasteiger partial charge on any atom is 0.328 e. The number of nitrogens with one attached hydrogen (secondary N) is 1. The van der Waals surface area contributed by atoms with Crippen molar-refractivity contribution in [3.8, 4) is 5.88 Å². The van der Waals surface area contributed by atoms with Gasteiger partial charge in [-0.2, -0.15) is 0 Å². The van der Waals surface area contributed by atoms with Crippen molar-refractivity contribution in [2.45, 2.75) is 12.5 Å². The van der Waals surface area contributed by atoms with E-state index in [2.05, 4.69) is 10.3 Å². The molecule has 2 aromatic rings. The SMILES string of the molecule is COC(=O)[C@H](Cc1ccc(OC)nc1)NC(=O)c1cccc(F)c1. The lowest BCUT2D eigenvalue weighted by Gasteiger charge is -2.16. The molecule has 1 heterocycles. The number of aromatic nitrogens is 1. The fraction of sp³-hybridized carbons (Fsp3) is 0.235. The highest BCUT2D eigenvalue weighted by Gasteiger charge is 2.23. The minimum absolute atomic E-state index is 0.122. The maximum absolute atomic E-state index is 13.2. The first-order valence-electron chi connectivity index (χ1n) is 7.16. The molecule has 7 heteroatoms. The molecule has 0 saturated carbocycles. The predicted molar refractivity (Wildman–Crippen MR) is 84.2 cm³/mol. The molecule has 1 aromatic carbocycles. The number of rotatable bonds is 6. The number of hydrogen-bond acceptors (Lipinski definition) is 5. The molecular weight excluding hydrogens is 315 g/mol. The van der Waals surface area contributed by atoms with Crippen molar-refractivity contribution in [2.75, 3.05) is 14.2 Å². The Morgan fingerprint density at radius 3 is 2.62 bits per heavy atom. The lowest BCUT2D eigenvalue weighted by atomic mass is 10.1. The van der Waals surface area contributed by atoms with E-state index in [1.807, 2.05) is 0 Å². The Labute approximate surface area is 138 Å². The van der Waals surface area contributed by atoms with Crippen LogP contribution in [0.5, 0.6) is 5.88 Å². The van der Waals surface area contributed by atoms with Gasteiger partial charge < -0.3 is 14.8 Å². The van der Waals surface area contributed by atoms with Crippen molar-refractivity contribution in [1.82, 2.24) is 10.3 Å². The quantitative estimate of drug-likeness (QED) is 0.816. The third-order valence-corrected chi connectivity index (χ3v) is 3.32. The van der Waals surface area contributed by atoms with Crippen molar-refractivity contribution < 1.29 is 23.5 Å². The smallest absolute Gasteiger partial charge is 0.328 e. The van der Waals surface area contributed by atoms with Gasteiger partial charge in [0.15, 0.2) is 0 Å². The van der Waals surface area contributed by atoms with Crippen LogP contribution in [0.2, 0.25) is 0 Å². The van der Waals surface area contributed by atoms with Crippen LogP contribution in [0, 0.1) is 5.82 Å². The molecule has 1 amide bonds. The second-order valence-corrected chi connectivity index (χ2v) is 4.97. The van der Waals surface area contributed by atoms with Gasteiger partial charge in [0, 0.05) is 24.2 Å². The zero-order valence-corrected chi connectivity index (χ0v) is 13.3. The fourth-order valence-electron chi connectivity index (χ4n) is 2.09. The standard InChI is InChI=1S/C17H17FN2O4/c1-23-15-7-6-11(10-19-15)8-14(17(22)24-2)20-16(21)12-4-3-5-13(18)9-12/h3-7,9-10,14H,8H2,1-2H3,(H,20,21)/t14-/m0/s1. The van der Waals surface area contributed by atoms with Gasteiger partial charge >= 0.3 is 5.97 Å². The second kappa shape index (κ2) is 8.05. The van der Waals surface area contributed by atoms with Crippen molar-refractivity contribution in [2.24, 2.45) is 0 Å². The number of amides is 1. The first-order valence-corrected chi connectivity index (χ1v) is 7.16. The average Bonchev–Trinajstić information content (AvgIpc) is 2.61. The van der Waals surface area contributed by atoms with Crippen LogP contribution in [0.25, 0.3) is 0 Å². The number of pyridine rings is 1. The van der Waals surface area contributed by atoms with Crippen molar-refractivity contribution in [3.05, 3.63) is 59.5 Å². The highest BCUT2D eigenvalue weighted by Crippen LogP contribution is 2.10. The Balaban J connectivity index is 2.12. The molecule has 0 spiro atoms. The van der Waals surface area contributed by atoms with Gasteiger partial charge in [-0.25, -0.2) is 14.2 Å². The molecular formula is C17H17FN2O4. The third kappa shape index (κ3) is 4.52. The zero-order chi connectivity index (χ0) is 17.5. The number of methoxy groups -OCH3 is 2. The van der Waals surface area contributed by atoms with Gasteiger partial charge in [-0.3, -0.25) is 4.79 Å². The molecule has 1 N–H and O–H groups in total. The summed E-state index contributed by atoms with van der Waals surface area (Å²) in [5.74, 6) is -1.25. The van der Waals surface area contributed by atoms with Crippen LogP contribution in [-0.4, -0.2) is 37.1 Å². The van der Waals surface area contributed by atoms with Crippen molar-refractivity contribution in [1.29, 1.82) is 0 Å². The molecule has 0 bridgehead atoms. The van der Waals surface area contributed by atoms with E-state index < -0.39 is 23.7 Å². The molecule has 126 valence electrons. The van der Waals surface area contributed by atoms with E-state index in [1.165, 1.54) is 32.4 Å². The Kier molecular flexibility index (Phi) is 5.83. The summed E-state index contributed by atoms with van der Waals surface area (Å²) in [6, 6.07) is 7.68. The lowest BCUT2D eigenvalue weighted by Crippen LogP contribution is -2.43. The highest BCUT2D eigenvalue weighted by atomic mass is 19.1. The molecule has 0 fully saturated rings. The highest BCUT2D eigenvalue weighted by molar-refractivity contribution is 5.96. The summed E-state index contributed by atoms with van der Waals surface area (Å²) in [7, 11) is 2.73. The molecule has 0 saturated heterocycles. The van der Waals surface area contributed by atoms with Gasteiger partial charge in [-0.05, 0) is 23.8 Å². The first-order chi connectivity index (χ1) is 11.5. The molecule has 0 radical (unpaired) electrons. The normalized spacial score (nSPS) is 11.5. The third-order valence-electron chi connectivity index (χ3n) is 3.32. The largest absolute Gasteiger partial charge is 0.481 e. The van der Waals surface area contributed by atoms with Gasteiger partial charge in [-0.15, -0.1) is 0 Å². The van der Waals surface area contributed by atoms with Gasteiger partial charge in [0.2, 0.25) is 5.88 Å². The summed E-state index contributed by atoms with van der Waals surface area (Å²) >= 11 is 0. The number of ether oxygens (including phenoxy) is 2. The van der Waals surface area contributed by atoms with E-state index in [0.717, 1.165) is 6.07 Å². The molecule has 0 aliphatic carbocycles. The van der Waals surface area contributed by atoms with Crippen molar-refractivity contribution in [3.63, 3.8) is 0 Å². The van der Waals surface area contributed by atoms with E-state index >= 15 is 0 Å². The molecule has 1 aromatic heterocycles. The fourth-order valence-corrected chi connectivity index (χ4v) is 2.09. The van der Waals surface area contributed by atoms with Crippen LogP contribution < -0.4 is 10.1 Å². The number of nitrogens with zero attached hydrogens (tertiary/aromatic N) is 1. The number of benzene rings is 1. The Hall–Kier alpha value is -2.96. The summed E-state index contributed by atoms with van der Waals surface area (Å²) in [6.45, 7) is 0. The zero-order valence-electron chi connectivity index (χ0n) is 13.3. The van der Waals surface area contributed by atoms with Gasteiger partial charge in [-0.1, -0.05) is 12.1 Å². The molecule has 0 aliphatic heterocycles. The molecule has 1 atom stereocenters. The second-order valence-electron chi connectivity index (χ2n) is 4.97. The number of halogens is 1. The minimum Gasteiger partial charge on any atom is -0.481 e. The summed E-state index contributed by atoms with van der Waals surface area (Å²) in [5.41, 5.74) is 0.836. The Morgan fingerprint density at radius 1 is 1.25 bits per heavy atom. The minimum atomic E-state index is -0.916. The average molecular weight is 332 g/mol. The Bertz CT molecular complexity index is 719. The molecule has 0 aliphatic rings. The number of carbonyl (C=O) groups is 2. The number of hydrogen-bond donors (Lipinski definition) is 1. The summed E-state index contributed by atoms with van der Waals surface area (Å²) in [4.78, 5) is 28.2. The summed E-state index contributed by atoms with van der Waals surface area (Å²) in [5, 5.41) is 2.55. The van der Waals surface area contributed by atoms with Gasteiger partial charge in [0.05, 0.1) is 14.2 Å². The van der Waals surface area contributed by atoms with E-state index in [0.29, 0.717) is 11.4 Å². The molecule has 0 unspecified atom stereocenters. The number of carbonyl (C=O) groups excluding carboxylic acids is 2. The summed E-state index contributed by atoms with van der Waals surface area (Å²) in [6.07, 6.45) is 1.73. The van der Waals surface area contributed by atoms with Crippen LogP contribution >= 0.6 is 0 Å². The topological polar surface area (TPSA) is 77.5 Å². The van der Waals surface area contributed by atoms with E-state index in [4.69, 9.17) is 9.47 Å². The van der Waals surface area contributed by atoms with Gasteiger partial charge in [0.25, 0.3) is 5.91 Å². The lowest BCUT2D eigenvalue weighted by molar-refractivity contribution is -0.142. The first kappa shape index (κ1) is 17.4. The molecule has 2 rings (SSSR count). The monoisotopic (exact) mass is 332 g/mol.